The summed E-state index contributed by atoms with van der Waals surface area (Å²) in [6.07, 6.45) is 32.1. The van der Waals surface area contributed by atoms with Crippen LogP contribution in [0.3, 0.4) is 0 Å². The van der Waals surface area contributed by atoms with Gasteiger partial charge in [-0.1, -0.05) is 175 Å². The number of carbonyl (C=O) groups excluding carboxylic acids is 3. The molecule has 20 heteroatoms. The fourth-order valence-corrected chi connectivity index (χ4v) is 35.3. The van der Waals surface area contributed by atoms with Crippen LogP contribution in [0.15, 0.2) is 91.0 Å². The van der Waals surface area contributed by atoms with Crippen molar-refractivity contribution in [3.63, 3.8) is 0 Å². The highest BCUT2D eigenvalue weighted by molar-refractivity contribution is 7.93. The van der Waals surface area contributed by atoms with Gasteiger partial charge in [-0.05, 0) is 444 Å². The average molecular weight is 1920 g/mol. The number of hydrogen-bond donors (Lipinski definition) is 3. The first-order valence-electron chi connectivity index (χ1n) is 54.3. The summed E-state index contributed by atoms with van der Waals surface area (Å²) in [4.78, 5) is 39.3. The molecule has 0 aliphatic heterocycles. The van der Waals surface area contributed by atoms with E-state index in [0.29, 0.717) is 142 Å². The summed E-state index contributed by atoms with van der Waals surface area (Å²) in [5, 5.41) is 31.7. The molecule has 0 bridgehead atoms. The van der Waals surface area contributed by atoms with Gasteiger partial charge in [-0.2, -0.15) is 43.4 Å². The second kappa shape index (κ2) is 42.5. The van der Waals surface area contributed by atoms with Gasteiger partial charge in [-0.15, -0.1) is 0 Å². The van der Waals surface area contributed by atoms with Crippen molar-refractivity contribution in [1.29, 1.82) is 0 Å². The van der Waals surface area contributed by atoms with E-state index in [1.54, 1.807) is 0 Å². The molecule has 0 spiro atoms. The summed E-state index contributed by atoms with van der Waals surface area (Å²) in [6, 6.07) is 28.2. The van der Waals surface area contributed by atoms with Crippen LogP contribution in [0.2, 0.25) is 0 Å². The van der Waals surface area contributed by atoms with Crippen LogP contribution in [-0.4, -0.2) is 93.1 Å². The van der Waals surface area contributed by atoms with E-state index in [-0.39, 0.29) is 137 Å². The van der Waals surface area contributed by atoms with E-state index in [2.05, 4.69) is 62.3 Å². The van der Waals surface area contributed by atoms with Gasteiger partial charge in [0.2, 0.25) is 0 Å². The summed E-state index contributed by atoms with van der Waals surface area (Å²) in [7, 11) is 0. The summed E-state index contributed by atoms with van der Waals surface area (Å²) in [5.41, 5.74) is -5.10. The Morgan fingerprint density at radius 2 is 0.548 bits per heavy atom. The number of fused-ring (bicyclic) bond motifs is 15. The number of halogens is 10. The van der Waals surface area contributed by atoms with Crippen LogP contribution in [0, 0.1) is 157 Å². The third kappa shape index (κ3) is 21.5. The molecule has 15 saturated carbocycles. The Bertz CT molecular complexity index is 3900. The Morgan fingerprint density at radius 1 is 0.319 bits per heavy atom. The molecule has 0 heterocycles. The molecule has 758 valence electrons. The first kappa shape index (κ1) is 105. The van der Waals surface area contributed by atoms with Crippen molar-refractivity contribution in [2.45, 2.75) is 424 Å². The molecule has 0 radical (unpaired) electrons. The maximum Gasteiger partial charge on any atom is 0.417 e. The van der Waals surface area contributed by atoms with Crippen LogP contribution in [0.5, 0.6) is 0 Å². The van der Waals surface area contributed by atoms with Gasteiger partial charge in [0, 0.05) is 18.4 Å². The third-order valence-electron chi connectivity index (χ3n) is 43.1. The first-order chi connectivity index (χ1) is 64.0. The van der Waals surface area contributed by atoms with E-state index in [0.717, 1.165) is 154 Å². The molecule has 0 aromatic heterocycles. The first-order valence-corrected chi connectivity index (χ1v) is 55.4. The van der Waals surface area contributed by atoms with Crippen LogP contribution in [-0.2, 0) is 14.2 Å². The van der Waals surface area contributed by atoms with Gasteiger partial charge >= 0.3 is 36.4 Å². The molecule has 15 aliphatic carbocycles. The number of ether oxygens (including phenoxy) is 3. The Balaban J connectivity index is 0.000000152. The standard InChI is InChI=1S/3C38H55F3O3.CH3FS/c3*1-25(14-19-33(26-10-6-4-7-11-26)44-34(42)27-12-8-5-9-13-27)30-17-18-31-29-16-15-28-24-37(43,38(39,40)41)23-22-35(28,2)32(29)20-21-36(30,31)3;1-3-2/h3*5,8-9,12-13,25-26,28-33,43H,4,6-7,10-11,14-24H2,1-3H3;1H3/t25-,28+,29+,30-,31+,32+,33?,35+,36-,37+;25-,28+,29+,30-,31+,32+,33+,35+,36-,37+;25-,28+,29+,30-,31+,32+,33-,35+,36-,37+;/m111./s1. The topological polar surface area (TPSA) is 140 Å². The van der Waals surface area contributed by atoms with Gasteiger partial charge in [0.05, 0.1) is 16.7 Å². The highest BCUT2D eigenvalue weighted by atomic mass is 32.2. The van der Waals surface area contributed by atoms with Crippen molar-refractivity contribution >= 4 is 30.1 Å². The van der Waals surface area contributed by atoms with Crippen molar-refractivity contribution in [3.8, 4) is 0 Å². The lowest BCUT2D eigenvalue weighted by Crippen LogP contribution is -2.59. The molecule has 18 rings (SSSR count). The normalized spacial score (nSPS) is 40.0. The maximum absolute atomic E-state index is 13.8. The number of esters is 3. The highest BCUT2D eigenvalue weighted by Crippen LogP contribution is 2.74. The summed E-state index contributed by atoms with van der Waals surface area (Å²) in [6.45, 7) is 21.7. The van der Waals surface area contributed by atoms with E-state index < -0.39 is 35.3 Å². The van der Waals surface area contributed by atoms with Gasteiger partial charge in [-0.25, -0.2) is 14.4 Å². The molecule has 135 heavy (non-hydrogen) atoms. The monoisotopic (exact) mass is 1920 g/mol. The molecule has 1 unspecified atom stereocenters. The van der Waals surface area contributed by atoms with Crippen molar-refractivity contribution in [2.75, 3.05) is 6.26 Å². The summed E-state index contributed by atoms with van der Waals surface area (Å²) >= 11 is 0.250. The molecule has 30 atom stereocenters. The minimum Gasteiger partial charge on any atom is -0.458 e. The van der Waals surface area contributed by atoms with E-state index >= 15 is 0 Å². The maximum atomic E-state index is 13.8. The van der Waals surface area contributed by atoms with Gasteiger partial charge < -0.3 is 29.5 Å². The molecular weight excluding hydrogens is 1750 g/mol. The number of carbonyl (C=O) groups is 3. The zero-order chi connectivity index (χ0) is 96.7. The van der Waals surface area contributed by atoms with E-state index in [1.807, 2.05) is 91.0 Å². The minimum atomic E-state index is -4.54. The van der Waals surface area contributed by atoms with Crippen molar-refractivity contribution in [2.24, 2.45) is 157 Å². The predicted octanol–water partition coefficient (Wildman–Crippen LogP) is 31.7. The zero-order valence-corrected chi connectivity index (χ0v) is 84.3. The lowest BCUT2D eigenvalue weighted by Gasteiger charge is -2.62. The van der Waals surface area contributed by atoms with Crippen molar-refractivity contribution < 1.29 is 87.3 Å². The zero-order valence-electron chi connectivity index (χ0n) is 83.4. The fourth-order valence-electron chi connectivity index (χ4n) is 35.3. The van der Waals surface area contributed by atoms with E-state index in [4.69, 9.17) is 14.2 Å². The molecule has 9 nitrogen and oxygen atoms in total. The molecule has 3 aromatic rings. The van der Waals surface area contributed by atoms with Gasteiger partial charge in [-0.3, -0.25) is 0 Å². The average Bonchev–Trinajstić information content (AvgIpc) is 1.71. The Morgan fingerprint density at radius 3 is 0.778 bits per heavy atom. The van der Waals surface area contributed by atoms with Crippen LogP contribution >= 0.6 is 12.1 Å². The van der Waals surface area contributed by atoms with E-state index in [9.17, 15) is 73.1 Å². The number of hydrogen-bond acceptors (Lipinski definition) is 10. The SMILES string of the molecule is CSF.C[C@H](CCC(OC(=O)c1ccccc1)C1CCCCC1)[C@H]1CC[C@H]2[C@@H]3CC[C@H]4C[C@](O)(C(F)(F)F)CC[C@]4(C)[C@H]3CC[C@]12C.C[C@H](CC[C@@H](OC(=O)c1ccccc1)C1CCCCC1)[C@H]1CC[C@H]2[C@@H]3CC[C@H]4C[C@](O)(C(F)(F)F)CC[C@]4(C)[C@H]3CC[C@]12C.C[C@H](CC[C@H](OC(=O)c1ccccc1)C1CCCCC1)[C@H]1CC[C@H]2[C@@H]3CC[C@H]4C[C@](O)(C(F)(F)F)CC[C@]4(C)[C@H]3CC[C@]12C. The lowest BCUT2D eigenvalue weighted by molar-refractivity contribution is -0.290. The smallest absolute Gasteiger partial charge is 0.417 e. The van der Waals surface area contributed by atoms with E-state index in [1.165, 1.54) is 103 Å². The number of alkyl halides is 9. The van der Waals surface area contributed by atoms with Gasteiger partial charge in [0.15, 0.2) is 16.8 Å². The van der Waals surface area contributed by atoms with Crippen molar-refractivity contribution in [3.05, 3.63) is 108 Å². The second-order valence-electron chi connectivity index (χ2n) is 49.3. The summed E-state index contributed by atoms with van der Waals surface area (Å²) < 4.78 is 153. The Hall–Kier alpha value is -4.40. The van der Waals surface area contributed by atoms with Crippen LogP contribution < -0.4 is 0 Å². The number of rotatable bonds is 21. The van der Waals surface area contributed by atoms with Crippen molar-refractivity contribution in [1.82, 2.24) is 0 Å². The molecule has 3 N–H and O–H groups in total. The van der Waals surface area contributed by atoms with Gasteiger partial charge in [0.25, 0.3) is 0 Å². The summed E-state index contributed by atoms with van der Waals surface area (Å²) in [5.74, 6) is 9.30. The molecule has 0 amide bonds. The predicted molar refractivity (Wildman–Crippen MR) is 515 cm³/mol. The van der Waals surface area contributed by atoms with Crippen LogP contribution in [0.4, 0.5) is 43.4 Å². The highest BCUT2D eigenvalue weighted by Gasteiger charge is 2.70. The molecular formula is C115H168F10O9S. The molecule has 3 aromatic carbocycles. The Labute approximate surface area is 807 Å². The molecule has 15 fully saturated rings. The Kier molecular flexibility index (Phi) is 33.0. The third-order valence-corrected chi connectivity index (χ3v) is 43.1. The minimum absolute atomic E-state index is 0.0249. The lowest BCUT2D eigenvalue weighted by atomic mass is 9.43. The molecule has 15 aliphatic rings. The fraction of sp³-hybridized carbons (Fsp3) is 0.817. The second-order valence-corrected chi connectivity index (χ2v) is 49.6. The number of benzene rings is 3. The van der Waals surface area contributed by atoms with Gasteiger partial charge in [0.1, 0.15) is 18.3 Å². The number of aliphatic hydroxyl groups is 3. The quantitative estimate of drug-likeness (QED) is 0.0537. The molecule has 0 saturated heterocycles. The largest absolute Gasteiger partial charge is 0.458 e. The van der Waals surface area contributed by atoms with Crippen LogP contribution in [0.25, 0.3) is 0 Å². The van der Waals surface area contributed by atoms with Crippen LogP contribution in [0.1, 0.15) is 402 Å².